The molecule has 2 aromatic carbocycles. The molecular weight excluding hydrogens is 549 g/mol. The van der Waals surface area contributed by atoms with E-state index in [9.17, 15) is 18.0 Å². The van der Waals surface area contributed by atoms with Crippen LogP contribution in [0.2, 0.25) is 10.0 Å². The van der Waals surface area contributed by atoms with Crippen LogP contribution < -0.4 is 14.4 Å². The summed E-state index contributed by atoms with van der Waals surface area (Å²) >= 11 is 12.3. The van der Waals surface area contributed by atoms with Crippen molar-refractivity contribution >= 4 is 50.7 Å². The number of carbonyl (C=O) groups is 2. The average molecular weight is 587 g/mol. The summed E-state index contributed by atoms with van der Waals surface area (Å²) in [5.74, 6) is 0.487. The van der Waals surface area contributed by atoms with Crippen molar-refractivity contribution in [2.75, 3.05) is 30.8 Å². The predicted molar refractivity (Wildman–Crippen MR) is 153 cm³/mol. The minimum Gasteiger partial charge on any atom is -0.497 e. The van der Waals surface area contributed by atoms with Gasteiger partial charge in [0.05, 0.1) is 24.1 Å². The highest BCUT2D eigenvalue weighted by molar-refractivity contribution is 7.92. The molecule has 2 rings (SSSR count). The van der Waals surface area contributed by atoms with Crippen LogP contribution in [0.25, 0.3) is 0 Å². The summed E-state index contributed by atoms with van der Waals surface area (Å²) in [6, 6.07) is 11.2. The lowest BCUT2D eigenvalue weighted by atomic mass is 10.1. The van der Waals surface area contributed by atoms with Gasteiger partial charge in [0.1, 0.15) is 11.8 Å². The zero-order valence-electron chi connectivity index (χ0n) is 22.5. The summed E-state index contributed by atoms with van der Waals surface area (Å²) in [6.45, 7) is 6.62. The molecule has 210 valence electrons. The number of rotatable bonds is 14. The first-order chi connectivity index (χ1) is 17.9. The second-order valence-corrected chi connectivity index (χ2v) is 12.2. The van der Waals surface area contributed by atoms with E-state index in [1.165, 1.54) is 12.1 Å². The second-order valence-electron chi connectivity index (χ2n) is 9.47. The van der Waals surface area contributed by atoms with Gasteiger partial charge in [0, 0.05) is 31.1 Å². The average Bonchev–Trinajstić information content (AvgIpc) is 2.86. The number of ether oxygens (including phenoxy) is 1. The summed E-state index contributed by atoms with van der Waals surface area (Å²) in [4.78, 5) is 28.1. The molecule has 0 aromatic heterocycles. The fraction of sp³-hybridized carbons (Fsp3) is 0.481. The van der Waals surface area contributed by atoms with E-state index in [4.69, 9.17) is 27.9 Å². The highest BCUT2D eigenvalue weighted by atomic mass is 35.5. The largest absolute Gasteiger partial charge is 0.497 e. The van der Waals surface area contributed by atoms with Crippen molar-refractivity contribution in [2.24, 2.45) is 5.92 Å². The van der Waals surface area contributed by atoms with Crippen LogP contribution >= 0.6 is 23.2 Å². The Morgan fingerprint density at radius 2 is 1.74 bits per heavy atom. The van der Waals surface area contributed by atoms with Gasteiger partial charge in [-0.1, -0.05) is 56.1 Å². The third-order valence-electron chi connectivity index (χ3n) is 5.91. The zero-order chi connectivity index (χ0) is 28.5. The fourth-order valence-corrected chi connectivity index (χ4v) is 5.33. The Labute approximate surface area is 236 Å². The Morgan fingerprint density at radius 1 is 1.08 bits per heavy atom. The molecule has 11 heteroatoms. The van der Waals surface area contributed by atoms with Gasteiger partial charge < -0.3 is 15.0 Å². The second kappa shape index (κ2) is 14.6. The van der Waals surface area contributed by atoms with E-state index in [1.807, 2.05) is 32.9 Å². The van der Waals surface area contributed by atoms with Crippen molar-refractivity contribution in [3.8, 4) is 5.75 Å². The van der Waals surface area contributed by atoms with Crippen LogP contribution in [-0.4, -0.2) is 57.6 Å². The molecular formula is C27H37Cl2N3O5S. The molecule has 0 heterocycles. The summed E-state index contributed by atoms with van der Waals surface area (Å²) in [7, 11) is -2.11. The van der Waals surface area contributed by atoms with Crippen molar-refractivity contribution in [3.63, 3.8) is 0 Å². The number of halogens is 2. The van der Waals surface area contributed by atoms with Crippen LogP contribution in [0.4, 0.5) is 5.69 Å². The molecule has 2 aromatic rings. The maximum absolute atomic E-state index is 13.5. The molecule has 0 aliphatic heterocycles. The molecule has 38 heavy (non-hydrogen) atoms. The van der Waals surface area contributed by atoms with E-state index < -0.39 is 16.1 Å². The quantitative estimate of drug-likeness (QED) is 0.331. The Hall–Kier alpha value is -2.49. The summed E-state index contributed by atoms with van der Waals surface area (Å²) < 4.78 is 31.4. The molecule has 0 unspecified atom stereocenters. The van der Waals surface area contributed by atoms with Crippen molar-refractivity contribution in [1.82, 2.24) is 10.2 Å². The topological polar surface area (TPSA) is 96.0 Å². The fourth-order valence-electron chi connectivity index (χ4n) is 3.93. The van der Waals surface area contributed by atoms with E-state index >= 15 is 0 Å². The lowest BCUT2D eigenvalue weighted by molar-refractivity contribution is -0.141. The number of anilines is 1. The van der Waals surface area contributed by atoms with Gasteiger partial charge in [-0.05, 0) is 54.7 Å². The number of sulfonamides is 1. The summed E-state index contributed by atoms with van der Waals surface area (Å²) in [5.41, 5.74) is 1.10. The van der Waals surface area contributed by atoms with Crippen molar-refractivity contribution in [1.29, 1.82) is 0 Å². The van der Waals surface area contributed by atoms with Crippen LogP contribution in [-0.2, 0) is 26.2 Å². The number of methoxy groups -OCH3 is 1. The highest BCUT2D eigenvalue weighted by Crippen LogP contribution is 2.31. The number of amides is 2. The third kappa shape index (κ3) is 9.36. The van der Waals surface area contributed by atoms with Crippen LogP contribution in [0.5, 0.6) is 5.75 Å². The minimum atomic E-state index is -3.69. The third-order valence-corrected chi connectivity index (χ3v) is 7.65. The van der Waals surface area contributed by atoms with Gasteiger partial charge in [0.15, 0.2) is 0 Å². The number of nitrogens with one attached hydrogen (secondary N) is 1. The first kappa shape index (κ1) is 31.7. The molecule has 1 atom stereocenters. The number of carbonyl (C=O) groups excluding carboxylic acids is 2. The van der Waals surface area contributed by atoms with E-state index in [-0.39, 0.29) is 54.4 Å². The standard InChI is InChI=1S/C27H37Cl2N3O5S/c1-6-24(27(34)30-17-19(2)3)31(18-20-9-12-22(37-4)13-10-20)26(33)8-7-15-32(38(5,35)36)25-16-21(28)11-14-23(25)29/h9-14,16,19,24H,6-8,15,17-18H2,1-5H3,(H,30,34)/t24-/m1/s1. The minimum absolute atomic E-state index is 0.0251. The van der Waals surface area contributed by atoms with Gasteiger partial charge in [-0.2, -0.15) is 0 Å². The summed E-state index contributed by atoms with van der Waals surface area (Å²) in [6.07, 6.45) is 1.76. The van der Waals surface area contributed by atoms with Crippen LogP contribution in [0.15, 0.2) is 42.5 Å². The van der Waals surface area contributed by atoms with E-state index in [1.54, 1.807) is 30.2 Å². The number of benzene rings is 2. The molecule has 0 fully saturated rings. The van der Waals surface area contributed by atoms with Gasteiger partial charge in [0.2, 0.25) is 21.8 Å². The number of hydrogen-bond donors (Lipinski definition) is 1. The van der Waals surface area contributed by atoms with Gasteiger partial charge in [-0.15, -0.1) is 0 Å². The van der Waals surface area contributed by atoms with Gasteiger partial charge in [-0.3, -0.25) is 13.9 Å². The maximum atomic E-state index is 13.5. The maximum Gasteiger partial charge on any atom is 0.242 e. The lowest BCUT2D eigenvalue weighted by Crippen LogP contribution is -2.49. The number of hydrogen-bond acceptors (Lipinski definition) is 5. The van der Waals surface area contributed by atoms with Crippen molar-refractivity contribution in [3.05, 3.63) is 58.1 Å². The Bertz CT molecular complexity index is 1190. The molecule has 0 spiro atoms. The predicted octanol–water partition coefficient (Wildman–Crippen LogP) is 5.13. The summed E-state index contributed by atoms with van der Waals surface area (Å²) in [5, 5.41) is 3.51. The molecule has 0 saturated carbocycles. The normalized spacial score (nSPS) is 12.2. The molecule has 0 aliphatic carbocycles. The lowest BCUT2D eigenvalue weighted by Gasteiger charge is -2.31. The van der Waals surface area contributed by atoms with Crippen LogP contribution in [0.1, 0.15) is 45.6 Å². The van der Waals surface area contributed by atoms with Gasteiger partial charge in [0.25, 0.3) is 0 Å². The number of nitrogens with zero attached hydrogens (tertiary/aromatic N) is 2. The van der Waals surface area contributed by atoms with E-state index in [2.05, 4.69) is 5.32 Å². The van der Waals surface area contributed by atoms with Crippen molar-refractivity contribution < 1.29 is 22.7 Å². The molecule has 0 saturated heterocycles. The van der Waals surface area contributed by atoms with Gasteiger partial charge >= 0.3 is 0 Å². The Balaban J connectivity index is 2.25. The molecule has 1 N–H and O–H groups in total. The van der Waals surface area contributed by atoms with E-state index in [0.29, 0.717) is 23.7 Å². The highest BCUT2D eigenvalue weighted by Gasteiger charge is 2.29. The molecule has 8 nitrogen and oxygen atoms in total. The van der Waals surface area contributed by atoms with Crippen LogP contribution in [0, 0.1) is 5.92 Å². The smallest absolute Gasteiger partial charge is 0.242 e. The zero-order valence-corrected chi connectivity index (χ0v) is 24.9. The SMILES string of the molecule is CC[C@H](C(=O)NCC(C)C)N(Cc1ccc(OC)cc1)C(=O)CCCN(c1cc(Cl)ccc1Cl)S(C)(=O)=O. The molecule has 2 amide bonds. The van der Waals surface area contributed by atoms with Crippen LogP contribution in [0.3, 0.4) is 0 Å². The van der Waals surface area contributed by atoms with Gasteiger partial charge in [-0.25, -0.2) is 8.42 Å². The first-order valence-electron chi connectivity index (χ1n) is 12.5. The molecule has 0 bridgehead atoms. The monoisotopic (exact) mass is 585 g/mol. The van der Waals surface area contributed by atoms with E-state index in [0.717, 1.165) is 16.1 Å². The molecule has 0 radical (unpaired) electrons. The Kier molecular flexibility index (Phi) is 12.2. The first-order valence-corrected chi connectivity index (χ1v) is 15.1. The van der Waals surface area contributed by atoms with Crippen molar-refractivity contribution in [2.45, 2.75) is 52.6 Å². The Morgan fingerprint density at radius 3 is 2.29 bits per heavy atom. The molecule has 0 aliphatic rings.